The topological polar surface area (TPSA) is 32.3 Å². The highest BCUT2D eigenvalue weighted by Gasteiger charge is 2.26. The maximum Gasteiger partial charge on any atom is 0.0579 e. The maximum atomic E-state index is 9.04. The van der Waals surface area contributed by atoms with E-state index in [2.05, 4.69) is 18.8 Å². The van der Waals surface area contributed by atoms with E-state index in [1.807, 2.05) is 0 Å². The van der Waals surface area contributed by atoms with Crippen molar-refractivity contribution in [3.05, 3.63) is 12.3 Å². The molecule has 0 amide bonds. The molecule has 2 N–H and O–H groups in total. The van der Waals surface area contributed by atoms with Gasteiger partial charge in [-0.15, -0.1) is 0 Å². The molecule has 1 aliphatic rings. The van der Waals surface area contributed by atoms with Gasteiger partial charge in [0.2, 0.25) is 0 Å². The zero-order valence-electron chi connectivity index (χ0n) is 7.84. The van der Waals surface area contributed by atoms with Crippen LogP contribution in [-0.2, 0) is 0 Å². The van der Waals surface area contributed by atoms with Crippen LogP contribution in [0.3, 0.4) is 0 Å². The Labute approximate surface area is 74.7 Å². The lowest BCUT2D eigenvalue weighted by Crippen LogP contribution is -2.43. The molecule has 0 aliphatic heterocycles. The van der Waals surface area contributed by atoms with Crippen LogP contribution >= 0.6 is 0 Å². The Hall–Kier alpha value is -0.500. The minimum absolute atomic E-state index is 0.0681. The summed E-state index contributed by atoms with van der Waals surface area (Å²) in [5.41, 5.74) is 1.13. The Balaban J connectivity index is 2.03. The van der Waals surface area contributed by atoms with Crippen LogP contribution in [0, 0.1) is 0 Å². The van der Waals surface area contributed by atoms with Gasteiger partial charge < -0.3 is 10.4 Å². The third-order valence-electron chi connectivity index (χ3n) is 2.35. The normalized spacial score (nSPS) is 27.8. The fourth-order valence-corrected chi connectivity index (χ4v) is 1.46. The number of aliphatic hydroxyl groups is 1. The van der Waals surface area contributed by atoms with Crippen LogP contribution < -0.4 is 5.32 Å². The van der Waals surface area contributed by atoms with E-state index < -0.39 is 0 Å². The number of hydrogen-bond donors (Lipinski definition) is 2. The van der Waals surface area contributed by atoms with Crippen LogP contribution in [0.2, 0.25) is 0 Å². The standard InChI is InChI=1S/C10H19NO/c1-3-4-5-8(2)11-9-6-10(12)7-9/h9-12H,2-7H2,1H3. The average Bonchev–Trinajstić information content (AvgIpc) is 1.98. The minimum Gasteiger partial charge on any atom is -0.393 e. The van der Waals surface area contributed by atoms with Crippen molar-refractivity contribution in [1.82, 2.24) is 5.32 Å². The van der Waals surface area contributed by atoms with Gasteiger partial charge in [0.1, 0.15) is 0 Å². The molecule has 0 unspecified atom stereocenters. The molecule has 0 saturated heterocycles. The predicted octanol–water partition coefficient (Wildman–Crippen LogP) is 1.80. The molecule has 0 aromatic rings. The highest BCUT2D eigenvalue weighted by atomic mass is 16.3. The summed E-state index contributed by atoms with van der Waals surface area (Å²) in [7, 11) is 0. The van der Waals surface area contributed by atoms with Gasteiger partial charge in [0.25, 0.3) is 0 Å². The van der Waals surface area contributed by atoms with Gasteiger partial charge in [0.05, 0.1) is 6.10 Å². The first-order valence-corrected chi connectivity index (χ1v) is 4.84. The molecule has 2 nitrogen and oxygen atoms in total. The summed E-state index contributed by atoms with van der Waals surface area (Å²) in [5.74, 6) is 0. The van der Waals surface area contributed by atoms with E-state index in [4.69, 9.17) is 5.11 Å². The third kappa shape index (κ3) is 2.86. The second-order valence-corrected chi connectivity index (χ2v) is 3.67. The zero-order valence-corrected chi connectivity index (χ0v) is 7.84. The highest BCUT2D eigenvalue weighted by molar-refractivity contribution is 4.98. The fourth-order valence-electron chi connectivity index (χ4n) is 1.46. The van der Waals surface area contributed by atoms with Gasteiger partial charge >= 0.3 is 0 Å². The number of allylic oxidation sites excluding steroid dienone is 1. The van der Waals surface area contributed by atoms with Gasteiger partial charge in [-0.25, -0.2) is 0 Å². The van der Waals surface area contributed by atoms with Gasteiger partial charge in [-0.2, -0.15) is 0 Å². The van der Waals surface area contributed by atoms with Gasteiger partial charge in [-0.3, -0.25) is 0 Å². The summed E-state index contributed by atoms with van der Waals surface area (Å²) in [5, 5.41) is 12.4. The average molecular weight is 169 g/mol. The van der Waals surface area contributed by atoms with Crippen LogP contribution in [0.1, 0.15) is 39.0 Å². The molecule has 0 heterocycles. The van der Waals surface area contributed by atoms with Crippen molar-refractivity contribution in [2.75, 3.05) is 0 Å². The van der Waals surface area contributed by atoms with Gasteiger partial charge in [-0.1, -0.05) is 19.9 Å². The van der Waals surface area contributed by atoms with Crippen molar-refractivity contribution >= 4 is 0 Å². The van der Waals surface area contributed by atoms with E-state index in [9.17, 15) is 0 Å². The van der Waals surface area contributed by atoms with E-state index in [1.165, 1.54) is 12.8 Å². The second kappa shape index (κ2) is 4.51. The van der Waals surface area contributed by atoms with Gasteiger partial charge in [0.15, 0.2) is 0 Å². The van der Waals surface area contributed by atoms with E-state index in [-0.39, 0.29) is 6.10 Å². The van der Waals surface area contributed by atoms with Crippen molar-refractivity contribution < 1.29 is 5.11 Å². The zero-order chi connectivity index (χ0) is 8.97. The Bertz CT molecular complexity index is 150. The summed E-state index contributed by atoms with van der Waals surface area (Å²) in [6.07, 6.45) is 5.22. The number of nitrogens with one attached hydrogen (secondary N) is 1. The van der Waals surface area contributed by atoms with E-state index in [0.29, 0.717) is 6.04 Å². The predicted molar refractivity (Wildman–Crippen MR) is 50.8 cm³/mol. The number of rotatable bonds is 5. The van der Waals surface area contributed by atoms with Crippen LogP contribution in [-0.4, -0.2) is 17.3 Å². The van der Waals surface area contributed by atoms with Crippen molar-refractivity contribution in [2.45, 2.75) is 51.2 Å². The van der Waals surface area contributed by atoms with Crippen LogP contribution in [0.15, 0.2) is 12.3 Å². The molecule has 0 bridgehead atoms. The minimum atomic E-state index is -0.0681. The number of hydrogen-bond acceptors (Lipinski definition) is 2. The Kier molecular flexibility index (Phi) is 3.60. The van der Waals surface area contributed by atoms with E-state index in [0.717, 1.165) is 25.0 Å². The molecule has 0 radical (unpaired) electrons. The molecule has 0 atom stereocenters. The highest BCUT2D eigenvalue weighted by Crippen LogP contribution is 2.20. The second-order valence-electron chi connectivity index (χ2n) is 3.67. The maximum absolute atomic E-state index is 9.04. The summed E-state index contributed by atoms with van der Waals surface area (Å²) in [6, 6.07) is 0.490. The van der Waals surface area contributed by atoms with Crippen molar-refractivity contribution in [2.24, 2.45) is 0 Å². The van der Waals surface area contributed by atoms with E-state index in [1.54, 1.807) is 0 Å². The lowest BCUT2D eigenvalue weighted by Gasteiger charge is -2.33. The van der Waals surface area contributed by atoms with Crippen molar-refractivity contribution in [1.29, 1.82) is 0 Å². The first-order chi connectivity index (χ1) is 5.72. The number of unbranched alkanes of at least 4 members (excludes halogenated alkanes) is 1. The van der Waals surface area contributed by atoms with Gasteiger partial charge in [0, 0.05) is 11.7 Å². The summed E-state index contributed by atoms with van der Waals surface area (Å²) < 4.78 is 0. The summed E-state index contributed by atoms with van der Waals surface area (Å²) in [4.78, 5) is 0. The van der Waals surface area contributed by atoms with Crippen molar-refractivity contribution in [3.63, 3.8) is 0 Å². The summed E-state index contributed by atoms with van der Waals surface area (Å²) in [6.45, 7) is 6.13. The molecular weight excluding hydrogens is 150 g/mol. The first-order valence-electron chi connectivity index (χ1n) is 4.84. The molecule has 1 fully saturated rings. The molecule has 12 heavy (non-hydrogen) atoms. The lowest BCUT2D eigenvalue weighted by molar-refractivity contribution is 0.0661. The van der Waals surface area contributed by atoms with Crippen LogP contribution in [0.4, 0.5) is 0 Å². The molecule has 2 heteroatoms. The summed E-state index contributed by atoms with van der Waals surface area (Å²) >= 11 is 0. The quantitative estimate of drug-likeness (QED) is 0.657. The van der Waals surface area contributed by atoms with Gasteiger partial charge in [-0.05, 0) is 25.7 Å². The Morgan fingerprint density at radius 3 is 2.75 bits per heavy atom. The van der Waals surface area contributed by atoms with E-state index >= 15 is 0 Å². The molecule has 1 rings (SSSR count). The molecule has 0 aromatic heterocycles. The largest absolute Gasteiger partial charge is 0.393 e. The SMILES string of the molecule is C=C(CCCC)NC1CC(O)C1. The molecule has 0 spiro atoms. The first kappa shape index (κ1) is 9.59. The smallest absolute Gasteiger partial charge is 0.0579 e. The monoisotopic (exact) mass is 169 g/mol. The van der Waals surface area contributed by atoms with Crippen LogP contribution in [0.5, 0.6) is 0 Å². The molecule has 1 aliphatic carbocycles. The molecule has 70 valence electrons. The molecular formula is C10H19NO. The molecule has 0 aromatic carbocycles. The Morgan fingerprint density at radius 2 is 2.25 bits per heavy atom. The number of aliphatic hydroxyl groups excluding tert-OH is 1. The third-order valence-corrected chi connectivity index (χ3v) is 2.35. The lowest BCUT2D eigenvalue weighted by atomic mass is 9.89. The van der Waals surface area contributed by atoms with Crippen LogP contribution in [0.25, 0.3) is 0 Å². The molecule has 1 saturated carbocycles. The fraction of sp³-hybridized carbons (Fsp3) is 0.800. The van der Waals surface area contributed by atoms with Crippen molar-refractivity contribution in [3.8, 4) is 0 Å². The Morgan fingerprint density at radius 1 is 1.58 bits per heavy atom.